The highest BCUT2D eigenvalue weighted by atomic mass is 32.1. The molecule has 0 saturated carbocycles. The van der Waals surface area contributed by atoms with Crippen molar-refractivity contribution in [2.75, 3.05) is 37.8 Å². The minimum Gasteiger partial charge on any atom is -0.382 e. The van der Waals surface area contributed by atoms with Crippen molar-refractivity contribution < 1.29 is 4.79 Å². The van der Waals surface area contributed by atoms with Crippen LogP contribution in [0, 0.1) is 5.92 Å². The molecule has 1 unspecified atom stereocenters. The first-order valence-electron chi connectivity index (χ1n) is 7.25. The normalized spacial score (nSPS) is 19.8. The Bertz CT molecular complexity index is 472. The van der Waals surface area contributed by atoms with Crippen molar-refractivity contribution in [2.24, 2.45) is 5.92 Å². The van der Waals surface area contributed by atoms with Crippen molar-refractivity contribution >= 4 is 28.2 Å². The third kappa shape index (κ3) is 3.23. The molecule has 112 valence electrons. The van der Waals surface area contributed by atoms with Gasteiger partial charge in [0, 0.05) is 27.2 Å². The Morgan fingerprint density at radius 1 is 1.45 bits per heavy atom. The van der Waals surface area contributed by atoms with Crippen molar-refractivity contribution in [3.05, 3.63) is 4.88 Å². The van der Waals surface area contributed by atoms with E-state index in [1.165, 1.54) is 24.2 Å². The molecule has 1 aromatic rings. The lowest BCUT2D eigenvalue weighted by atomic mass is 9.98. The van der Waals surface area contributed by atoms with E-state index in [-0.39, 0.29) is 5.91 Å². The third-order valence-electron chi connectivity index (χ3n) is 3.93. The van der Waals surface area contributed by atoms with Gasteiger partial charge in [0.2, 0.25) is 0 Å². The molecule has 2 rings (SSSR count). The maximum atomic E-state index is 12.6. The molecule has 1 atom stereocenters. The molecule has 6 heteroatoms. The van der Waals surface area contributed by atoms with Gasteiger partial charge in [-0.05, 0) is 25.2 Å². The van der Waals surface area contributed by atoms with E-state index < -0.39 is 0 Å². The molecule has 0 bridgehead atoms. The second kappa shape index (κ2) is 6.43. The Kier molecular flexibility index (Phi) is 4.86. The van der Waals surface area contributed by atoms with Crippen molar-refractivity contribution in [2.45, 2.75) is 32.6 Å². The van der Waals surface area contributed by atoms with Crippen LogP contribution >= 0.6 is 11.3 Å². The highest BCUT2D eigenvalue weighted by Crippen LogP contribution is 2.29. The van der Waals surface area contributed by atoms with E-state index >= 15 is 0 Å². The van der Waals surface area contributed by atoms with Gasteiger partial charge in [0.25, 0.3) is 5.91 Å². The SMILES string of the molecule is CCC1CCCN(C(=O)c2sc(N(C)C)nc2N)CC1. The van der Waals surface area contributed by atoms with Crippen LogP contribution in [-0.4, -0.2) is 43.0 Å². The highest BCUT2D eigenvalue weighted by Gasteiger charge is 2.25. The average Bonchev–Trinajstić information content (AvgIpc) is 2.67. The molecule has 1 aromatic heterocycles. The third-order valence-corrected chi connectivity index (χ3v) is 5.16. The van der Waals surface area contributed by atoms with E-state index in [1.54, 1.807) is 0 Å². The van der Waals surface area contributed by atoms with Crippen LogP contribution in [0.4, 0.5) is 10.9 Å². The van der Waals surface area contributed by atoms with Crippen LogP contribution in [0.25, 0.3) is 0 Å². The lowest BCUT2D eigenvalue weighted by Crippen LogP contribution is -2.31. The lowest BCUT2D eigenvalue weighted by molar-refractivity contribution is 0.0765. The molecule has 0 aliphatic carbocycles. The minimum absolute atomic E-state index is 0.0462. The Balaban J connectivity index is 2.10. The average molecular weight is 296 g/mol. The van der Waals surface area contributed by atoms with Crippen molar-refractivity contribution in [1.82, 2.24) is 9.88 Å². The molecular formula is C14H24N4OS. The number of rotatable bonds is 3. The summed E-state index contributed by atoms with van der Waals surface area (Å²) < 4.78 is 0. The molecule has 1 amide bonds. The van der Waals surface area contributed by atoms with Gasteiger partial charge in [-0.2, -0.15) is 0 Å². The molecule has 2 N–H and O–H groups in total. The van der Waals surface area contributed by atoms with Crippen LogP contribution in [0.5, 0.6) is 0 Å². The summed E-state index contributed by atoms with van der Waals surface area (Å²) in [7, 11) is 3.81. The fourth-order valence-electron chi connectivity index (χ4n) is 2.59. The fraction of sp³-hybridized carbons (Fsp3) is 0.714. The standard InChI is InChI=1S/C14H24N4OS/c1-4-10-6-5-8-18(9-7-10)13(19)11-12(15)16-14(20-11)17(2)3/h10H,4-9,15H2,1-3H3. The number of likely N-dealkylation sites (tertiary alicyclic amines) is 1. The molecule has 1 fully saturated rings. The van der Waals surface area contributed by atoms with E-state index in [1.807, 2.05) is 23.9 Å². The number of nitrogen functional groups attached to an aromatic ring is 1. The fourth-order valence-corrected chi connectivity index (χ4v) is 3.46. The number of amides is 1. The summed E-state index contributed by atoms with van der Waals surface area (Å²) in [6.45, 7) is 3.91. The monoisotopic (exact) mass is 296 g/mol. The van der Waals surface area contributed by atoms with Gasteiger partial charge in [0.15, 0.2) is 5.13 Å². The number of carbonyl (C=O) groups is 1. The van der Waals surface area contributed by atoms with E-state index in [0.717, 1.165) is 37.0 Å². The molecule has 2 heterocycles. The van der Waals surface area contributed by atoms with E-state index in [4.69, 9.17) is 5.73 Å². The molecular weight excluding hydrogens is 272 g/mol. The van der Waals surface area contributed by atoms with E-state index in [2.05, 4.69) is 11.9 Å². The summed E-state index contributed by atoms with van der Waals surface area (Å²) in [5.74, 6) is 1.16. The smallest absolute Gasteiger partial charge is 0.267 e. The predicted molar refractivity (Wildman–Crippen MR) is 84.4 cm³/mol. The van der Waals surface area contributed by atoms with E-state index in [0.29, 0.717) is 10.7 Å². The topological polar surface area (TPSA) is 62.5 Å². The first kappa shape index (κ1) is 15.1. The van der Waals surface area contributed by atoms with Gasteiger partial charge >= 0.3 is 0 Å². The molecule has 1 aliphatic rings. The van der Waals surface area contributed by atoms with Gasteiger partial charge in [0.1, 0.15) is 10.7 Å². The van der Waals surface area contributed by atoms with Crippen LogP contribution in [0.2, 0.25) is 0 Å². The maximum absolute atomic E-state index is 12.6. The van der Waals surface area contributed by atoms with Crippen molar-refractivity contribution in [1.29, 1.82) is 0 Å². The first-order chi connectivity index (χ1) is 9.52. The van der Waals surface area contributed by atoms with Gasteiger partial charge in [-0.1, -0.05) is 24.7 Å². The quantitative estimate of drug-likeness (QED) is 0.930. The summed E-state index contributed by atoms with van der Waals surface area (Å²) in [6.07, 6.45) is 4.61. The maximum Gasteiger partial charge on any atom is 0.267 e. The zero-order chi connectivity index (χ0) is 14.7. The minimum atomic E-state index is 0.0462. The van der Waals surface area contributed by atoms with Crippen LogP contribution in [-0.2, 0) is 0 Å². The Morgan fingerprint density at radius 2 is 2.20 bits per heavy atom. The van der Waals surface area contributed by atoms with E-state index in [9.17, 15) is 4.79 Å². The number of anilines is 2. The van der Waals surface area contributed by atoms with Crippen LogP contribution < -0.4 is 10.6 Å². The Hall–Kier alpha value is -1.30. The van der Waals surface area contributed by atoms with Gasteiger partial charge in [0.05, 0.1) is 0 Å². The molecule has 0 aromatic carbocycles. The number of hydrogen-bond acceptors (Lipinski definition) is 5. The first-order valence-corrected chi connectivity index (χ1v) is 8.07. The van der Waals surface area contributed by atoms with Crippen molar-refractivity contribution in [3.63, 3.8) is 0 Å². The zero-order valence-electron chi connectivity index (χ0n) is 12.6. The number of nitrogens with zero attached hydrogens (tertiary/aromatic N) is 3. The van der Waals surface area contributed by atoms with Crippen LogP contribution in [0.15, 0.2) is 0 Å². The van der Waals surface area contributed by atoms with Crippen molar-refractivity contribution in [3.8, 4) is 0 Å². The Morgan fingerprint density at radius 3 is 2.80 bits per heavy atom. The molecule has 20 heavy (non-hydrogen) atoms. The van der Waals surface area contributed by atoms with Gasteiger partial charge in [-0.3, -0.25) is 4.79 Å². The van der Waals surface area contributed by atoms with Gasteiger partial charge < -0.3 is 15.5 Å². The second-order valence-corrected chi connectivity index (χ2v) is 6.58. The summed E-state index contributed by atoms with van der Waals surface area (Å²) in [6, 6.07) is 0. The second-order valence-electron chi connectivity index (χ2n) is 5.60. The number of hydrogen-bond donors (Lipinski definition) is 1. The summed E-state index contributed by atoms with van der Waals surface area (Å²) in [5, 5.41) is 0.784. The summed E-state index contributed by atoms with van der Waals surface area (Å²) in [5.41, 5.74) is 5.90. The number of nitrogens with two attached hydrogens (primary N) is 1. The number of thiazole rings is 1. The molecule has 1 aliphatic heterocycles. The predicted octanol–water partition coefficient (Wildman–Crippen LogP) is 2.44. The molecule has 0 radical (unpaired) electrons. The zero-order valence-corrected chi connectivity index (χ0v) is 13.4. The molecule has 5 nitrogen and oxygen atoms in total. The van der Waals surface area contributed by atoms with Gasteiger partial charge in [-0.25, -0.2) is 4.98 Å². The Labute approximate surface area is 124 Å². The summed E-state index contributed by atoms with van der Waals surface area (Å²) >= 11 is 1.38. The number of carbonyl (C=O) groups excluding carboxylic acids is 1. The summed E-state index contributed by atoms with van der Waals surface area (Å²) in [4.78, 5) is 21.3. The van der Waals surface area contributed by atoms with Gasteiger partial charge in [-0.15, -0.1) is 0 Å². The highest BCUT2D eigenvalue weighted by molar-refractivity contribution is 7.18. The van der Waals surface area contributed by atoms with Crippen LogP contribution in [0.1, 0.15) is 42.3 Å². The van der Waals surface area contributed by atoms with Crippen LogP contribution in [0.3, 0.4) is 0 Å². The molecule has 1 saturated heterocycles. The molecule has 0 spiro atoms. The lowest BCUT2D eigenvalue weighted by Gasteiger charge is -2.19. The largest absolute Gasteiger partial charge is 0.382 e. The number of aromatic nitrogens is 1.